The molecule has 0 aromatic heterocycles. The highest BCUT2D eigenvalue weighted by atomic mass is 16.5. The van der Waals surface area contributed by atoms with Crippen LogP contribution in [0.1, 0.15) is 5.56 Å². The van der Waals surface area contributed by atoms with Crippen LogP contribution in [0.25, 0.3) is 0 Å². The lowest BCUT2D eigenvalue weighted by molar-refractivity contribution is -0.119. The Morgan fingerprint density at radius 1 is 1.05 bits per heavy atom. The Balaban J connectivity index is 1.80. The second-order valence-corrected chi connectivity index (χ2v) is 4.31. The molecule has 104 valence electrons. The minimum Gasteiger partial charge on any atom is -0.496 e. The van der Waals surface area contributed by atoms with E-state index in [1.165, 1.54) is 0 Å². The summed E-state index contributed by atoms with van der Waals surface area (Å²) in [6, 6.07) is 17.3. The van der Waals surface area contributed by atoms with Gasteiger partial charge in [0.1, 0.15) is 5.75 Å². The molecule has 0 unspecified atom stereocenters. The van der Waals surface area contributed by atoms with Crippen molar-refractivity contribution in [1.82, 2.24) is 5.32 Å². The number of benzene rings is 2. The number of carbonyl (C=O) groups excluding carboxylic acids is 1. The van der Waals surface area contributed by atoms with Gasteiger partial charge in [-0.3, -0.25) is 4.79 Å². The summed E-state index contributed by atoms with van der Waals surface area (Å²) in [5.41, 5.74) is 1.89. The van der Waals surface area contributed by atoms with E-state index in [1.54, 1.807) is 7.11 Å². The second kappa shape index (κ2) is 7.19. The number of amides is 1. The zero-order chi connectivity index (χ0) is 14.2. The topological polar surface area (TPSA) is 50.4 Å². The van der Waals surface area contributed by atoms with Crippen molar-refractivity contribution in [2.75, 3.05) is 19.0 Å². The van der Waals surface area contributed by atoms with Crippen molar-refractivity contribution in [2.45, 2.75) is 6.54 Å². The lowest BCUT2D eigenvalue weighted by Crippen LogP contribution is -2.29. The van der Waals surface area contributed by atoms with E-state index in [2.05, 4.69) is 10.6 Å². The molecular formula is C16H18N2O2. The number of hydrogen-bond donors (Lipinski definition) is 2. The van der Waals surface area contributed by atoms with Gasteiger partial charge < -0.3 is 15.4 Å². The van der Waals surface area contributed by atoms with Gasteiger partial charge in [0.25, 0.3) is 0 Å². The molecule has 0 aliphatic heterocycles. The SMILES string of the molecule is COc1ccccc1CNC(=O)CNc1ccccc1. The summed E-state index contributed by atoms with van der Waals surface area (Å²) in [5.74, 6) is 0.726. The van der Waals surface area contributed by atoms with E-state index in [4.69, 9.17) is 4.74 Å². The van der Waals surface area contributed by atoms with E-state index in [-0.39, 0.29) is 12.5 Å². The maximum absolute atomic E-state index is 11.8. The van der Waals surface area contributed by atoms with Gasteiger partial charge in [-0.2, -0.15) is 0 Å². The summed E-state index contributed by atoms with van der Waals surface area (Å²) in [4.78, 5) is 11.8. The summed E-state index contributed by atoms with van der Waals surface area (Å²) >= 11 is 0. The van der Waals surface area contributed by atoms with Crippen LogP contribution in [0, 0.1) is 0 Å². The van der Waals surface area contributed by atoms with Gasteiger partial charge in [-0.1, -0.05) is 36.4 Å². The molecule has 0 spiro atoms. The standard InChI is InChI=1S/C16H18N2O2/c1-20-15-10-6-5-7-13(15)11-18-16(19)12-17-14-8-3-2-4-9-14/h2-10,17H,11-12H2,1H3,(H,18,19). The highest BCUT2D eigenvalue weighted by molar-refractivity contribution is 5.80. The number of carbonyl (C=O) groups is 1. The maximum atomic E-state index is 11.8. The highest BCUT2D eigenvalue weighted by Crippen LogP contribution is 2.16. The molecule has 0 aliphatic rings. The van der Waals surface area contributed by atoms with Crippen LogP contribution in [-0.2, 0) is 11.3 Å². The molecule has 2 aromatic carbocycles. The van der Waals surface area contributed by atoms with Gasteiger partial charge >= 0.3 is 0 Å². The van der Waals surface area contributed by atoms with Crippen molar-refractivity contribution in [3.63, 3.8) is 0 Å². The first-order chi connectivity index (χ1) is 9.79. The van der Waals surface area contributed by atoms with Crippen LogP contribution in [0.4, 0.5) is 5.69 Å². The molecule has 1 amide bonds. The van der Waals surface area contributed by atoms with Crippen molar-refractivity contribution in [3.8, 4) is 5.75 Å². The van der Waals surface area contributed by atoms with Gasteiger partial charge in [-0.15, -0.1) is 0 Å². The number of hydrogen-bond acceptors (Lipinski definition) is 3. The van der Waals surface area contributed by atoms with Crippen molar-refractivity contribution in [2.24, 2.45) is 0 Å². The summed E-state index contributed by atoms with van der Waals surface area (Å²) in [5, 5.41) is 5.93. The van der Waals surface area contributed by atoms with Crippen molar-refractivity contribution in [3.05, 3.63) is 60.2 Å². The molecule has 0 saturated carbocycles. The molecule has 2 aromatic rings. The van der Waals surface area contributed by atoms with Gasteiger partial charge in [0.15, 0.2) is 0 Å². The number of nitrogens with one attached hydrogen (secondary N) is 2. The third-order valence-electron chi connectivity index (χ3n) is 2.90. The Labute approximate surface area is 118 Å². The average molecular weight is 270 g/mol. The number of rotatable bonds is 6. The molecule has 0 aliphatic carbocycles. The maximum Gasteiger partial charge on any atom is 0.239 e. The van der Waals surface area contributed by atoms with Crippen LogP contribution in [0.3, 0.4) is 0 Å². The lowest BCUT2D eigenvalue weighted by Gasteiger charge is -2.10. The molecule has 4 heteroatoms. The normalized spacial score (nSPS) is 9.85. The predicted octanol–water partition coefficient (Wildman–Crippen LogP) is 2.42. The van der Waals surface area contributed by atoms with Gasteiger partial charge in [0.05, 0.1) is 13.7 Å². The van der Waals surface area contributed by atoms with Crippen LogP contribution < -0.4 is 15.4 Å². The fourth-order valence-electron chi connectivity index (χ4n) is 1.84. The van der Waals surface area contributed by atoms with Crippen LogP contribution in [0.5, 0.6) is 5.75 Å². The predicted molar refractivity (Wildman–Crippen MR) is 79.8 cm³/mol. The zero-order valence-corrected chi connectivity index (χ0v) is 11.4. The van der Waals surface area contributed by atoms with Gasteiger partial charge in [0, 0.05) is 17.8 Å². The molecule has 0 saturated heterocycles. The second-order valence-electron chi connectivity index (χ2n) is 4.31. The van der Waals surface area contributed by atoms with E-state index in [0.29, 0.717) is 6.54 Å². The molecule has 0 atom stereocenters. The van der Waals surface area contributed by atoms with E-state index < -0.39 is 0 Å². The Bertz CT molecular complexity index is 555. The molecule has 0 radical (unpaired) electrons. The fourth-order valence-corrected chi connectivity index (χ4v) is 1.84. The fraction of sp³-hybridized carbons (Fsp3) is 0.188. The lowest BCUT2D eigenvalue weighted by atomic mass is 10.2. The van der Waals surface area contributed by atoms with E-state index >= 15 is 0 Å². The van der Waals surface area contributed by atoms with Crippen LogP contribution >= 0.6 is 0 Å². The van der Waals surface area contributed by atoms with Crippen LogP contribution in [0.15, 0.2) is 54.6 Å². The summed E-state index contributed by atoms with van der Waals surface area (Å²) in [6.07, 6.45) is 0. The summed E-state index contributed by atoms with van der Waals surface area (Å²) in [7, 11) is 1.62. The number of para-hydroxylation sites is 2. The van der Waals surface area contributed by atoms with Crippen LogP contribution in [-0.4, -0.2) is 19.6 Å². The number of ether oxygens (including phenoxy) is 1. The molecule has 0 bridgehead atoms. The minimum atomic E-state index is -0.0558. The first kappa shape index (κ1) is 13.9. The van der Waals surface area contributed by atoms with Crippen molar-refractivity contribution >= 4 is 11.6 Å². The first-order valence-corrected chi connectivity index (χ1v) is 6.47. The molecule has 2 N–H and O–H groups in total. The Hall–Kier alpha value is -2.49. The molecular weight excluding hydrogens is 252 g/mol. The van der Waals surface area contributed by atoms with Crippen molar-refractivity contribution in [1.29, 1.82) is 0 Å². The van der Waals surface area contributed by atoms with Crippen LogP contribution in [0.2, 0.25) is 0 Å². The summed E-state index contributed by atoms with van der Waals surface area (Å²) in [6.45, 7) is 0.707. The third kappa shape index (κ3) is 4.02. The number of anilines is 1. The Morgan fingerprint density at radius 3 is 2.50 bits per heavy atom. The largest absolute Gasteiger partial charge is 0.496 e. The summed E-state index contributed by atoms with van der Waals surface area (Å²) < 4.78 is 5.24. The molecule has 4 nitrogen and oxygen atoms in total. The molecule has 0 fully saturated rings. The van der Waals surface area contributed by atoms with Gasteiger partial charge in [0.2, 0.25) is 5.91 Å². The van der Waals surface area contributed by atoms with E-state index in [1.807, 2.05) is 54.6 Å². The van der Waals surface area contributed by atoms with E-state index in [0.717, 1.165) is 17.0 Å². The van der Waals surface area contributed by atoms with Gasteiger partial charge in [-0.25, -0.2) is 0 Å². The quantitative estimate of drug-likeness (QED) is 0.847. The minimum absolute atomic E-state index is 0.0558. The van der Waals surface area contributed by atoms with E-state index in [9.17, 15) is 4.79 Å². The monoisotopic (exact) mass is 270 g/mol. The third-order valence-corrected chi connectivity index (χ3v) is 2.90. The Kier molecular flexibility index (Phi) is 5.00. The smallest absolute Gasteiger partial charge is 0.239 e. The Morgan fingerprint density at radius 2 is 1.75 bits per heavy atom. The van der Waals surface area contributed by atoms with Crippen molar-refractivity contribution < 1.29 is 9.53 Å². The highest BCUT2D eigenvalue weighted by Gasteiger charge is 2.04. The average Bonchev–Trinajstić information content (AvgIpc) is 2.52. The molecule has 20 heavy (non-hydrogen) atoms. The van der Waals surface area contributed by atoms with Gasteiger partial charge in [-0.05, 0) is 18.2 Å². The zero-order valence-electron chi connectivity index (χ0n) is 11.4. The molecule has 2 rings (SSSR count). The molecule has 0 heterocycles. The number of methoxy groups -OCH3 is 1. The first-order valence-electron chi connectivity index (χ1n) is 6.47.